The normalized spacial score (nSPS) is 14.9. The molecular formula is C32H64NO2+. The summed E-state index contributed by atoms with van der Waals surface area (Å²) in [7, 11) is 0. The van der Waals surface area contributed by atoms with Crippen LogP contribution >= 0.6 is 0 Å². The minimum atomic E-state index is -0.293. The Balaban J connectivity index is 1.77. The SMILES string of the molecule is CCCCCCCCCCCCCCCCCCCCCCCC(=O)OC(C)(C)C1CC[NH2+]CC1. The average molecular weight is 495 g/mol. The van der Waals surface area contributed by atoms with Crippen LogP contribution in [0.2, 0.25) is 0 Å². The Kier molecular flexibility index (Phi) is 21.0. The topological polar surface area (TPSA) is 42.9 Å². The molecule has 0 unspecified atom stereocenters. The quantitative estimate of drug-likeness (QED) is 0.107. The predicted octanol–water partition coefficient (Wildman–Crippen LogP) is 8.88. The predicted molar refractivity (Wildman–Crippen MR) is 152 cm³/mol. The van der Waals surface area contributed by atoms with Crippen LogP contribution in [-0.4, -0.2) is 24.7 Å². The lowest BCUT2D eigenvalue weighted by Gasteiger charge is -2.35. The van der Waals surface area contributed by atoms with Gasteiger partial charge in [-0.2, -0.15) is 0 Å². The van der Waals surface area contributed by atoms with E-state index >= 15 is 0 Å². The molecule has 208 valence electrons. The second-order valence-electron chi connectivity index (χ2n) is 12.0. The van der Waals surface area contributed by atoms with Crippen LogP contribution in [0.3, 0.4) is 0 Å². The summed E-state index contributed by atoms with van der Waals surface area (Å²) in [5.41, 5.74) is -0.293. The van der Waals surface area contributed by atoms with Crippen LogP contribution in [0.15, 0.2) is 0 Å². The smallest absolute Gasteiger partial charge is 0.306 e. The largest absolute Gasteiger partial charge is 0.459 e. The highest BCUT2D eigenvalue weighted by molar-refractivity contribution is 5.69. The second-order valence-corrected chi connectivity index (χ2v) is 12.0. The summed E-state index contributed by atoms with van der Waals surface area (Å²) in [6.45, 7) is 8.86. The van der Waals surface area contributed by atoms with Crippen LogP contribution in [0.1, 0.15) is 175 Å². The van der Waals surface area contributed by atoms with Crippen LogP contribution in [0, 0.1) is 5.92 Å². The van der Waals surface area contributed by atoms with Gasteiger partial charge in [-0.25, -0.2) is 0 Å². The molecule has 3 nitrogen and oxygen atoms in total. The number of nitrogens with two attached hydrogens (primary N) is 1. The van der Waals surface area contributed by atoms with Crippen molar-refractivity contribution in [3.05, 3.63) is 0 Å². The van der Waals surface area contributed by atoms with Crippen molar-refractivity contribution in [2.75, 3.05) is 13.1 Å². The lowest BCUT2D eigenvalue weighted by atomic mass is 9.83. The number of carbonyl (C=O) groups is 1. The van der Waals surface area contributed by atoms with Gasteiger partial charge in [-0.15, -0.1) is 0 Å². The lowest BCUT2D eigenvalue weighted by Crippen LogP contribution is -2.86. The third kappa shape index (κ3) is 19.2. The van der Waals surface area contributed by atoms with Crippen molar-refractivity contribution in [3.63, 3.8) is 0 Å². The van der Waals surface area contributed by atoms with Crippen LogP contribution in [-0.2, 0) is 9.53 Å². The zero-order chi connectivity index (χ0) is 25.5. The van der Waals surface area contributed by atoms with Gasteiger partial charge < -0.3 is 10.1 Å². The Morgan fingerprint density at radius 3 is 1.34 bits per heavy atom. The van der Waals surface area contributed by atoms with Crippen molar-refractivity contribution in [2.45, 2.75) is 180 Å². The number of ether oxygens (including phenoxy) is 1. The van der Waals surface area contributed by atoms with Gasteiger partial charge in [0.25, 0.3) is 0 Å². The molecule has 0 atom stereocenters. The molecule has 1 aliphatic heterocycles. The van der Waals surface area contributed by atoms with E-state index in [0.29, 0.717) is 12.3 Å². The molecule has 0 radical (unpaired) electrons. The van der Waals surface area contributed by atoms with Crippen LogP contribution in [0.4, 0.5) is 0 Å². The van der Waals surface area contributed by atoms with E-state index in [1.165, 1.54) is 154 Å². The Hall–Kier alpha value is -0.570. The van der Waals surface area contributed by atoms with Gasteiger partial charge >= 0.3 is 5.97 Å². The van der Waals surface area contributed by atoms with E-state index in [-0.39, 0.29) is 11.6 Å². The molecule has 0 bridgehead atoms. The van der Waals surface area contributed by atoms with Crippen molar-refractivity contribution >= 4 is 5.97 Å². The maximum atomic E-state index is 12.3. The number of rotatable bonds is 24. The molecule has 0 aliphatic carbocycles. The van der Waals surface area contributed by atoms with Gasteiger partial charge in [-0.05, 0) is 20.3 Å². The zero-order valence-corrected chi connectivity index (χ0v) is 24.4. The summed E-state index contributed by atoms with van der Waals surface area (Å²) < 4.78 is 5.87. The Morgan fingerprint density at radius 1 is 0.629 bits per heavy atom. The van der Waals surface area contributed by atoms with Crippen LogP contribution in [0.25, 0.3) is 0 Å². The molecule has 0 aromatic rings. The van der Waals surface area contributed by atoms with Crippen molar-refractivity contribution in [2.24, 2.45) is 5.92 Å². The van der Waals surface area contributed by atoms with Crippen molar-refractivity contribution in [1.29, 1.82) is 0 Å². The maximum absolute atomic E-state index is 12.3. The van der Waals surface area contributed by atoms with E-state index in [4.69, 9.17) is 4.74 Å². The first-order valence-electron chi connectivity index (χ1n) is 16.1. The molecular weight excluding hydrogens is 430 g/mol. The number of hydrogen-bond acceptors (Lipinski definition) is 2. The molecule has 35 heavy (non-hydrogen) atoms. The fourth-order valence-corrected chi connectivity index (χ4v) is 5.75. The van der Waals surface area contributed by atoms with Crippen molar-refractivity contribution in [3.8, 4) is 0 Å². The second kappa shape index (κ2) is 22.6. The Bertz CT molecular complexity index is 470. The van der Waals surface area contributed by atoms with Crippen LogP contribution in [0.5, 0.6) is 0 Å². The molecule has 1 heterocycles. The van der Waals surface area contributed by atoms with E-state index in [2.05, 4.69) is 26.1 Å². The number of esters is 1. The van der Waals surface area contributed by atoms with Gasteiger partial charge in [-0.3, -0.25) is 4.79 Å². The van der Waals surface area contributed by atoms with Crippen LogP contribution < -0.4 is 5.32 Å². The number of carbonyl (C=O) groups excluding carboxylic acids is 1. The monoisotopic (exact) mass is 494 g/mol. The summed E-state index contributed by atoms with van der Waals surface area (Å²) in [6, 6.07) is 0. The molecule has 3 heteroatoms. The number of piperidine rings is 1. The molecule has 1 aliphatic rings. The zero-order valence-electron chi connectivity index (χ0n) is 24.4. The fourth-order valence-electron chi connectivity index (χ4n) is 5.75. The molecule has 1 saturated heterocycles. The Morgan fingerprint density at radius 2 is 0.971 bits per heavy atom. The molecule has 0 aromatic heterocycles. The minimum absolute atomic E-state index is 0.0161. The summed E-state index contributed by atoms with van der Waals surface area (Å²) >= 11 is 0. The van der Waals surface area contributed by atoms with E-state index < -0.39 is 0 Å². The standard InChI is InChI=1S/C32H63NO2/c1-4-5-6-7-8-9-10-11-12-13-14-15-16-17-18-19-20-21-22-23-24-25-31(34)35-32(2,3)30-26-28-33-29-27-30/h30,33H,4-29H2,1-3H3/p+1. The molecule has 0 spiro atoms. The third-order valence-corrected chi connectivity index (χ3v) is 8.28. The third-order valence-electron chi connectivity index (χ3n) is 8.28. The van der Waals surface area contributed by atoms with Gasteiger partial charge in [0.1, 0.15) is 5.60 Å². The maximum Gasteiger partial charge on any atom is 0.306 e. The van der Waals surface area contributed by atoms with Gasteiger partial charge in [0.05, 0.1) is 13.1 Å². The van der Waals surface area contributed by atoms with E-state index in [1.807, 2.05) is 0 Å². The summed E-state index contributed by atoms with van der Waals surface area (Å²) in [5.74, 6) is 0.540. The average Bonchev–Trinajstić information content (AvgIpc) is 2.85. The van der Waals surface area contributed by atoms with Gasteiger partial charge in [0.15, 0.2) is 0 Å². The highest BCUT2D eigenvalue weighted by Gasteiger charge is 2.35. The first-order chi connectivity index (χ1) is 17.1. The summed E-state index contributed by atoms with van der Waals surface area (Å²) in [5, 5.41) is 2.37. The highest BCUT2D eigenvalue weighted by Crippen LogP contribution is 2.28. The fraction of sp³-hybridized carbons (Fsp3) is 0.969. The van der Waals surface area contributed by atoms with Crippen molar-refractivity contribution in [1.82, 2.24) is 0 Å². The van der Waals surface area contributed by atoms with E-state index in [0.717, 1.165) is 6.42 Å². The van der Waals surface area contributed by atoms with E-state index in [1.54, 1.807) is 0 Å². The van der Waals surface area contributed by atoms with E-state index in [9.17, 15) is 4.79 Å². The van der Waals surface area contributed by atoms with Gasteiger partial charge in [0, 0.05) is 25.2 Å². The Labute approximate surface area is 220 Å². The first kappa shape index (κ1) is 32.5. The molecule has 0 aromatic carbocycles. The first-order valence-corrected chi connectivity index (χ1v) is 16.1. The highest BCUT2D eigenvalue weighted by atomic mass is 16.6. The molecule has 1 rings (SSSR count). The number of unbranched alkanes of at least 4 members (excludes halogenated alkanes) is 20. The molecule has 0 amide bonds. The lowest BCUT2D eigenvalue weighted by molar-refractivity contribution is -0.665. The number of hydrogen-bond donors (Lipinski definition) is 1. The number of quaternary nitrogens is 1. The summed E-state index contributed by atoms with van der Waals surface area (Å²) in [4.78, 5) is 12.3. The van der Waals surface area contributed by atoms with Crippen molar-refractivity contribution < 1.29 is 14.8 Å². The summed E-state index contributed by atoms with van der Waals surface area (Å²) in [6.07, 6.45) is 32.1. The van der Waals surface area contributed by atoms with Gasteiger partial charge in [0.2, 0.25) is 0 Å². The molecule has 1 fully saturated rings. The molecule has 2 N–H and O–H groups in total. The molecule has 0 saturated carbocycles. The minimum Gasteiger partial charge on any atom is -0.459 e. The van der Waals surface area contributed by atoms with Gasteiger partial charge in [-0.1, -0.05) is 135 Å².